The van der Waals surface area contributed by atoms with Gasteiger partial charge in [0.2, 0.25) is 0 Å². The van der Waals surface area contributed by atoms with Gasteiger partial charge in [-0.25, -0.2) is 0 Å². The Balaban J connectivity index is 1.95. The van der Waals surface area contributed by atoms with Gasteiger partial charge in [-0.1, -0.05) is 24.3 Å². The van der Waals surface area contributed by atoms with E-state index in [9.17, 15) is 5.11 Å². The maximum absolute atomic E-state index is 9.32. The van der Waals surface area contributed by atoms with E-state index >= 15 is 0 Å². The van der Waals surface area contributed by atoms with Crippen molar-refractivity contribution in [3.63, 3.8) is 0 Å². The largest absolute Gasteiger partial charge is 0.394 e. The fraction of sp³-hybridized carbons (Fsp3) is 0.538. The third kappa shape index (κ3) is 2.21. The summed E-state index contributed by atoms with van der Waals surface area (Å²) in [5.74, 6) is 0. The van der Waals surface area contributed by atoms with Gasteiger partial charge in [0, 0.05) is 12.1 Å². The lowest BCUT2D eigenvalue weighted by atomic mass is 9.77. The third-order valence-electron chi connectivity index (χ3n) is 3.53. The predicted octanol–water partition coefficient (Wildman–Crippen LogP) is 2.00. The maximum atomic E-state index is 9.32. The van der Waals surface area contributed by atoms with E-state index in [0.29, 0.717) is 0 Å². The van der Waals surface area contributed by atoms with Crippen LogP contribution in [-0.2, 0) is 6.54 Å². The van der Waals surface area contributed by atoms with Gasteiger partial charge in [0.1, 0.15) is 0 Å². The van der Waals surface area contributed by atoms with Crippen molar-refractivity contribution in [3.05, 3.63) is 35.4 Å². The van der Waals surface area contributed by atoms with Gasteiger partial charge in [-0.2, -0.15) is 0 Å². The number of aliphatic hydroxyl groups is 1. The van der Waals surface area contributed by atoms with E-state index in [2.05, 4.69) is 36.5 Å². The van der Waals surface area contributed by atoms with Crippen LogP contribution in [0, 0.1) is 6.92 Å². The van der Waals surface area contributed by atoms with Crippen molar-refractivity contribution in [2.45, 2.75) is 38.3 Å². The first-order valence-corrected chi connectivity index (χ1v) is 5.66. The molecule has 0 atom stereocenters. The number of nitrogens with one attached hydrogen (secondary N) is 1. The van der Waals surface area contributed by atoms with Gasteiger partial charge in [-0.15, -0.1) is 0 Å². The Kier molecular flexibility index (Phi) is 3.08. The van der Waals surface area contributed by atoms with Crippen LogP contribution in [-0.4, -0.2) is 17.3 Å². The molecule has 1 aromatic carbocycles. The van der Waals surface area contributed by atoms with Crippen LogP contribution in [0.3, 0.4) is 0 Å². The zero-order valence-corrected chi connectivity index (χ0v) is 9.29. The van der Waals surface area contributed by atoms with Crippen LogP contribution in [0.4, 0.5) is 0 Å². The van der Waals surface area contributed by atoms with Gasteiger partial charge in [0.05, 0.1) is 6.61 Å². The minimum atomic E-state index is 0.0162. The Morgan fingerprint density at radius 1 is 1.33 bits per heavy atom. The minimum absolute atomic E-state index is 0.0162. The molecule has 82 valence electrons. The molecule has 0 amide bonds. The number of rotatable bonds is 4. The Labute approximate surface area is 91.3 Å². The summed E-state index contributed by atoms with van der Waals surface area (Å²) in [6.45, 7) is 3.26. The van der Waals surface area contributed by atoms with Crippen molar-refractivity contribution in [2.24, 2.45) is 0 Å². The molecule has 2 heteroatoms. The summed E-state index contributed by atoms with van der Waals surface area (Å²) in [6.07, 6.45) is 3.45. The first-order valence-electron chi connectivity index (χ1n) is 5.66. The van der Waals surface area contributed by atoms with Crippen LogP contribution in [0.2, 0.25) is 0 Å². The SMILES string of the molecule is Cc1ccccc1CNC1(CO)CCC1. The Morgan fingerprint density at radius 3 is 2.60 bits per heavy atom. The number of hydrogen-bond acceptors (Lipinski definition) is 2. The molecule has 2 rings (SSSR count). The summed E-state index contributed by atoms with van der Waals surface area (Å²) < 4.78 is 0. The highest BCUT2D eigenvalue weighted by molar-refractivity contribution is 5.25. The first-order chi connectivity index (χ1) is 7.26. The maximum Gasteiger partial charge on any atom is 0.0613 e. The average Bonchev–Trinajstić information content (AvgIpc) is 2.19. The second-order valence-corrected chi connectivity index (χ2v) is 4.57. The number of hydrogen-bond donors (Lipinski definition) is 2. The number of aryl methyl sites for hydroxylation is 1. The highest BCUT2D eigenvalue weighted by Gasteiger charge is 2.35. The van der Waals surface area contributed by atoms with Crippen molar-refractivity contribution >= 4 is 0 Å². The summed E-state index contributed by atoms with van der Waals surface area (Å²) in [7, 11) is 0. The molecule has 0 aromatic heterocycles. The van der Waals surface area contributed by atoms with Crippen molar-refractivity contribution in [2.75, 3.05) is 6.61 Å². The Hall–Kier alpha value is -0.860. The molecule has 2 N–H and O–H groups in total. The monoisotopic (exact) mass is 205 g/mol. The van der Waals surface area contributed by atoms with E-state index in [0.717, 1.165) is 19.4 Å². The first kappa shape index (κ1) is 10.7. The molecule has 0 heterocycles. The molecule has 1 aliphatic rings. The molecule has 0 saturated heterocycles. The molecule has 0 radical (unpaired) electrons. The molecule has 0 aliphatic heterocycles. The third-order valence-corrected chi connectivity index (χ3v) is 3.53. The Morgan fingerprint density at radius 2 is 2.07 bits per heavy atom. The van der Waals surface area contributed by atoms with Gasteiger partial charge >= 0.3 is 0 Å². The highest BCUT2D eigenvalue weighted by atomic mass is 16.3. The van der Waals surface area contributed by atoms with Crippen LogP contribution in [0.25, 0.3) is 0 Å². The molecule has 0 unspecified atom stereocenters. The quantitative estimate of drug-likeness (QED) is 0.788. The summed E-state index contributed by atoms with van der Waals surface area (Å²) >= 11 is 0. The van der Waals surface area contributed by atoms with Crippen LogP contribution in [0.5, 0.6) is 0 Å². The van der Waals surface area contributed by atoms with Crippen molar-refractivity contribution < 1.29 is 5.11 Å². The van der Waals surface area contributed by atoms with Crippen molar-refractivity contribution in [1.29, 1.82) is 0 Å². The normalized spacial score (nSPS) is 18.5. The van der Waals surface area contributed by atoms with E-state index in [4.69, 9.17) is 0 Å². The zero-order valence-electron chi connectivity index (χ0n) is 9.29. The molecular weight excluding hydrogens is 186 g/mol. The van der Waals surface area contributed by atoms with Crippen LogP contribution in [0.15, 0.2) is 24.3 Å². The van der Waals surface area contributed by atoms with Gasteiger partial charge in [-0.3, -0.25) is 0 Å². The lowest BCUT2D eigenvalue weighted by Crippen LogP contribution is -2.53. The van der Waals surface area contributed by atoms with Crippen LogP contribution in [0.1, 0.15) is 30.4 Å². The van der Waals surface area contributed by atoms with Gasteiger partial charge < -0.3 is 10.4 Å². The molecule has 1 fully saturated rings. The highest BCUT2D eigenvalue weighted by Crippen LogP contribution is 2.31. The molecule has 1 aliphatic carbocycles. The van der Waals surface area contributed by atoms with E-state index in [1.54, 1.807) is 0 Å². The molecular formula is C13H19NO. The van der Waals surface area contributed by atoms with Crippen molar-refractivity contribution in [3.8, 4) is 0 Å². The van der Waals surface area contributed by atoms with Crippen molar-refractivity contribution in [1.82, 2.24) is 5.32 Å². The van der Waals surface area contributed by atoms with E-state index in [1.807, 2.05) is 0 Å². The topological polar surface area (TPSA) is 32.3 Å². The summed E-state index contributed by atoms with van der Waals surface area (Å²) in [5.41, 5.74) is 2.66. The molecule has 0 bridgehead atoms. The molecule has 2 nitrogen and oxygen atoms in total. The van der Waals surface area contributed by atoms with Gasteiger partial charge in [0.25, 0.3) is 0 Å². The Bertz CT molecular complexity index is 326. The number of benzene rings is 1. The number of aliphatic hydroxyl groups excluding tert-OH is 1. The van der Waals surface area contributed by atoms with Gasteiger partial charge in [-0.05, 0) is 37.3 Å². The lowest BCUT2D eigenvalue weighted by Gasteiger charge is -2.41. The zero-order chi connectivity index (χ0) is 10.7. The molecule has 15 heavy (non-hydrogen) atoms. The summed E-state index contributed by atoms with van der Waals surface area (Å²) in [5, 5.41) is 12.8. The smallest absolute Gasteiger partial charge is 0.0613 e. The summed E-state index contributed by atoms with van der Waals surface area (Å²) in [6, 6.07) is 8.40. The van der Waals surface area contributed by atoms with E-state index < -0.39 is 0 Å². The second-order valence-electron chi connectivity index (χ2n) is 4.57. The second kappa shape index (κ2) is 4.33. The minimum Gasteiger partial charge on any atom is -0.394 e. The lowest BCUT2D eigenvalue weighted by molar-refractivity contribution is 0.0871. The fourth-order valence-electron chi connectivity index (χ4n) is 2.09. The van der Waals surface area contributed by atoms with E-state index in [-0.39, 0.29) is 12.1 Å². The fourth-order valence-corrected chi connectivity index (χ4v) is 2.09. The molecule has 0 spiro atoms. The van der Waals surface area contributed by atoms with Gasteiger partial charge in [0.15, 0.2) is 0 Å². The predicted molar refractivity (Wildman–Crippen MR) is 61.7 cm³/mol. The molecule has 1 aromatic rings. The summed E-state index contributed by atoms with van der Waals surface area (Å²) in [4.78, 5) is 0. The standard InChI is InChI=1S/C13H19NO/c1-11-5-2-3-6-12(11)9-14-13(10-15)7-4-8-13/h2-3,5-6,14-15H,4,7-10H2,1H3. The van der Waals surface area contributed by atoms with Crippen LogP contribution >= 0.6 is 0 Å². The molecule has 1 saturated carbocycles. The average molecular weight is 205 g/mol. The van der Waals surface area contributed by atoms with E-state index in [1.165, 1.54) is 17.5 Å². The van der Waals surface area contributed by atoms with Crippen LogP contribution < -0.4 is 5.32 Å².